The van der Waals surface area contributed by atoms with E-state index in [2.05, 4.69) is 24.3 Å². The summed E-state index contributed by atoms with van der Waals surface area (Å²) in [7, 11) is 0. The van der Waals surface area contributed by atoms with Gasteiger partial charge in [0.2, 0.25) is 0 Å². The van der Waals surface area contributed by atoms with Gasteiger partial charge in [0.25, 0.3) is 0 Å². The number of quaternary nitrogens is 1. The number of rotatable bonds is 7. The van der Waals surface area contributed by atoms with Crippen molar-refractivity contribution >= 4 is 0 Å². The Morgan fingerprint density at radius 1 is 0.963 bits per heavy atom. The maximum absolute atomic E-state index is 11.8. The molecule has 3 saturated heterocycles. The monoisotopic (exact) mass is 370 g/mol. The summed E-state index contributed by atoms with van der Waals surface area (Å²) < 4.78 is 7.91. The van der Waals surface area contributed by atoms with Gasteiger partial charge in [0.1, 0.15) is 18.2 Å². The molecule has 148 valence electrons. The Labute approximate surface area is 164 Å². The molecule has 3 heterocycles. The van der Waals surface area contributed by atoms with Gasteiger partial charge in [-0.25, -0.2) is 0 Å². The molecule has 27 heavy (non-hydrogen) atoms. The Kier molecular flexibility index (Phi) is 4.82. The van der Waals surface area contributed by atoms with Crippen LogP contribution in [0.25, 0.3) is 0 Å². The lowest BCUT2D eigenvalue weighted by molar-refractivity contribution is -0.948. The first kappa shape index (κ1) is 18.1. The molecular weight excluding hydrogens is 334 g/mol. The van der Waals surface area contributed by atoms with Gasteiger partial charge in [-0.05, 0) is 37.2 Å². The molecule has 5 fully saturated rings. The molecule has 2 saturated carbocycles. The minimum absolute atomic E-state index is 0.343. The highest BCUT2D eigenvalue weighted by Gasteiger charge is 2.49. The maximum Gasteiger partial charge on any atom is 0.116 e. The van der Waals surface area contributed by atoms with Crippen LogP contribution in [-0.4, -0.2) is 48.5 Å². The van der Waals surface area contributed by atoms with E-state index in [-0.39, 0.29) is 0 Å². The molecule has 3 aliphatic heterocycles. The van der Waals surface area contributed by atoms with E-state index < -0.39 is 5.60 Å². The van der Waals surface area contributed by atoms with E-state index >= 15 is 0 Å². The summed E-state index contributed by atoms with van der Waals surface area (Å²) in [6, 6.07) is 10.3. The zero-order chi connectivity index (χ0) is 18.3. The first-order valence-corrected chi connectivity index (χ1v) is 11.4. The number of ether oxygens (including phenoxy) is 1. The number of aliphatic hydroxyl groups is 1. The van der Waals surface area contributed by atoms with Crippen LogP contribution in [0.3, 0.4) is 0 Å². The molecule has 0 amide bonds. The third-order valence-corrected chi connectivity index (χ3v) is 8.21. The van der Waals surface area contributed by atoms with Crippen molar-refractivity contribution in [1.82, 2.24) is 0 Å². The minimum atomic E-state index is -0.814. The predicted octanol–water partition coefficient (Wildman–Crippen LogP) is 4.10. The quantitative estimate of drug-likeness (QED) is 0.732. The highest BCUT2D eigenvalue weighted by atomic mass is 16.5. The molecule has 2 atom stereocenters. The second-order valence-corrected chi connectivity index (χ2v) is 10.1. The molecule has 0 radical (unpaired) electrons. The molecule has 6 rings (SSSR count). The number of fused-ring (bicyclic) bond motifs is 3. The number of hydrogen-bond acceptors (Lipinski definition) is 2. The van der Waals surface area contributed by atoms with Crippen LogP contribution in [0.1, 0.15) is 56.9 Å². The molecule has 0 spiro atoms. The fraction of sp³-hybridized carbons (Fsp3) is 0.750. The highest BCUT2D eigenvalue weighted by Crippen LogP contribution is 2.43. The molecule has 5 aliphatic rings. The van der Waals surface area contributed by atoms with Crippen molar-refractivity contribution in [2.24, 2.45) is 17.8 Å². The van der Waals surface area contributed by atoms with Gasteiger partial charge in [-0.3, -0.25) is 0 Å². The van der Waals surface area contributed by atoms with Crippen molar-refractivity contribution in [2.45, 2.75) is 63.1 Å². The maximum atomic E-state index is 11.8. The summed E-state index contributed by atoms with van der Waals surface area (Å²) in [5.74, 6) is 2.04. The van der Waals surface area contributed by atoms with Crippen molar-refractivity contribution in [3.63, 3.8) is 0 Å². The Bertz CT molecular complexity index is 629. The zero-order valence-electron chi connectivity index (χ0n) is 16.7. The van der Waals surface area contributed by atoms with Gasteiger partial charge in [-0.2, -0.15) is 0 Å². The minimum Gasteiger partial charge on any atom is -0.382 e. The number of benzene rings is 1. The zero-order valence-corrected chi connectivity index (χ0v) is 16.7. The topological polar surface area (TPSA) is 29.5 Å². The lowest BCUT2D eigenvalue weighted by Gasteiger charge is -2.53. The van der Waals surface area contributed by atoms with Crippen LogP contribution in [-0.2, 0) is 10.3 Å². The van der Waals surface area contributed by atoms with Gasteiger partial charge in [0.05, 0.1) is 26.2 Å². The first-order chi connectivity index (χ1) is 13.2. The van der Waals surface area contributed by atoms with Crippen molar-refractivity contribution in [1.29, 1.82) is 0 Å². The lowest BCUT2D eigenvalue weighted by Crippen LogP contribution is -2.65. The van der Waals surface area contributed by atoms with Crippen LogP contribution >= 0.6 is 0 Å². The smallest absolute Gasteiger partial charge is 0.116 e. The Balaban J connectivity index is 1.30. The molecule has 1 aromatic rings. The normalized spacial score (nSPS) is 36.0. The molecule has 0 unspecified atom stereocenters. The molecule has 2 bridgehead atoms. The van der Waals surface area contributed by atoms with Gasteiger partial charge in [-0.1, -0.05) is 43.2 Å². The van der Waals surface area contributed by atoms with Gasteiger partial charge in [-0.15, -0.1) is 0 Å². The second-order valence-electron chi connectivity index (χ2n) is 10.1. The number of nitrogens with zero attached hydrogens (tertiary/aromatic N) is 1. The summed E-state index contributed by atoms with van der Waals surface area (Å²) >= 11 is 0. The number of piperidine rings is 3. The molecule has 3 nitrogen and oxygen atoms in total. The Hall–Kier alpha value is -0.900. The first-order valence-electron chi connectivity index (χ1n) is 11.4. The van der Waals surface area contributed by atoms with E-state index in [0.717, 1.165) is 24.3 Å². The summed E-state index contributed by atoms with van der Waals surface area (Å²) in [4.78, 5) is 0. The molecule has 1 aromatic carbocycles. The summed E-state index contributed by atoms with van der Waals surface area (Å²) in [5, 5.41) is 11.8. The Morgan fingerprint density at radius 2 is 1.67 bits per heavy atom. The van der Waals surface area contributed by atoms with Crippen molar-refractivity contribution in [3.05, 3.63) is 35.9 Å². The summed E-state index contributed by atoms with van der Waals surface area (Å²) in [5.41, 5.74) is 0.241. The fourth-order valence-corrected chi connectivity index (χ4v) is 6.32. The van der Waals surface area contributed by atoms with E-state index in [9.17, 15) is 5.11 Å². The molecule has 1 N–H and O–H groups in total. The average molecular weight is 371 g/mol. The SMILES string of the molecule is O[C@@](CO[C@H]1C[N+]2(CC3CC3)CCC1CC2)(c1ccccc1)C1CCCC1. The average Bonchev–Trinajstić information content (AvgIpc) is 3.33. The van der Waals surface area contributed by atoms with Gasteiger partial charge in [0.15, 0.2) is 0 Å². The third-order valence-electron chi connectivity index (χ3n) is 8.21. The van der Waals surface area contributed by atoms with E-state index in [4.69, 9.17) is 4.74 Å². The molecule has 3 heteroatoms. The van der Waals surface area contributed by atoms with E-state index in [1.54, 1.807) is 0 Å². The second kappa shape index (κ2) is 7.17. The standard InChI is InChI=1S/C24H36NO2/c26-24(22-8-4-5-9-22,21-6-2-1-3-7-21)18-27-23-17-25(16-19-10-11-19)14-12-20(23)13-15-25/h1-3,6-7,19-20,22-23,26H,4-5,8-18H2/q+1/t20?,23-,24-,25?/m0/s1. The molecule has 2 aliphatic carbocycles. The summed E-state index contributed by atoms with van der Waals surface area (Å²) in [6.45, 7) is 5.79. The Morgan fingerprint density at radius 3 is 2.33 bits per heavy atom. The van der Waals surface area contributed by atoms with Crippen LogP contribution in [0, 0.1) is 17.8 Å². The largest absolute Gasteiger partial charge is 0.382 e. The van der Waals surface area contributed by atoms with Crippen molar-refractivity contribution in [2.75, 3.05) is 32.8 Å². The summed E-state index contributed by atoms with van der Waals surface area (Å²) in [6.07, 6.45) is 10.6. The van der Waals surface area contributed by atoms with Gasteiger partial charge < -0.3 is 14.3 Å². The third kappa shape index (κ3) is 3.59. The highest BCUT2D eigenvalue weighted by molar-refractivity contribution is 5.24. The van der Waals surface area contributed by atoms with E-state index in [0.29, 0.717) is 24.5 Å². The van der Waals surface area contributed by atoms with E-state index in [1.165, 1.54) is 69.2 Å². The van der Waals surface area contributed by atoms with Crippen LogP contribution in [0.2, 0.25) is 0 Å². The van der Waals surface area contributed by atoms with Gasteiger partial charge >= 0.3 is 0 Å². The molecule has 0 aromatic heterocycles. The van der Waals surface area contributed by atoms with Gasteiger partial charge in [0, 0.05) is 24.7 Å². The van der Waals surface area contributed by atoms with Crippen LogP contribution in [0.5, 0.6) is 0 Å². The predicted molar refractivity (Wildman–Crippen MR) is 107 cm³/mol. The van der Waals surface area contributed by atoms with Crippen LogP contribution in [0.4, 0.5) is 0 Å². The van der Waals surface area contributed by atoms with Crippen molar-refractivity contribution < 1.29 is 14.3 Å². The lowest BCUT2D eigenvalue weighted by atomic mass is 9.80. The van der Waals surface area contributed by atoms with Crippen molar-refractivity contribution in [3.8, 4) is 0 Å². The van der Waals surface area contributed by atoms with E-state index in [1.807, 2.05) is 6.07 Å². The fourth-order valence-electron chi connectivity index (χ4n) is 6.32. The van der Waals surface area contributed by atoms with Crippen LogP contribution < -0.4 is 0 Å². The molecular formula is C24H36NO2+. The number of hydrogen-bond donors (Lipinski definition) is 1. The van der Waals surface area contributed by atoms with Crippen LogP contribution in [0.15, 0.2) is 30.3 Å².